The van der Waals surface area contributed by atoms with Gasteiger partial charge in [-0.1, -0.05) is 12.1 Å². The van der Waals surface area contributed by atoms with Crippen molar-refractivity contribution in [2.24, 2.45) is 0 Å². The molecule has 6 nitrogen and oxygen atoms in total. The highest BCUT2D eigenvalue weighted by molar-refractivity contribution is 5.86. The van der Waals surface area contributed by atoms with Crippen LogP contribution in [0.4, 0.5) is 4.79 Å². The molecule has 0 bridgehead atoms. The lowest BCUT2D eigenvalue weighted by atomic mass is 10.0. The van der Waals surface area contributed by atoms with Crippen molar-refractivity contribution < 1.29 is 19.1 Å². The van der Waals surface area contributed by atoms with E-state index in [-0.39, 0.29) is 11.9 Å². The Kier molecular flexibility index (Phi) is 7.33. The number of carbonyl (C=O) groups excluding carboxylic acids is 2. The first-order valence-corrected chi connectivity index (χ1v) is 10.1. The minimum atomic E-state index is -0.580. The fraction of sp³-hybridized carbons (Fsp3) is 0.636. The van der Waals surface area contributed by atoms with Gasteiger partial charge in [-0.3, -0.25) is 9.69 Å². The maximum Gasteiger partial charge on any atom is 0.410 e. The predicted molar refractivity (Wildman–Crippen MR) is 109 cm³/mol. The second kappa shape index (κ2) is 9.30. The Labute approximate surface area is 168 Å². The SMILES string of the molecule is COc1ccc(CN(C(=O)[C@@H]2CCCCN2C(=O)OC(C)(C)C)C(C)C)cc1. The largest absolute Gasteiger partial charge is 0.497 e. The van der Waals surface area contributed by atoms with Crippen LogP contribution in [0, 0.1) is 0 Å². The molecule has 0 N–H and O–H groups in total. The van der Waals surface area contributed by atoms with E-state index < -0.39 is 17.7 Å². The van der Waals surface area contributed by atoms with Crippen LogP contribution in [0.5, 0.6) is 5.75 Å². The predicted octanol–water partition coefficient (Wildman–Crippen LogP) is 4.22. The van der Waals surface area contributed by atoms with Gasteiger partial charge < -0.3 is 14.4 Å². The van der Waals surface area contributed by atoms with E-state index in [0.29, 0.717) is 19.5 Å². The Morgan fingerprint density at radius 3 is 2.36 bits per heavy atom. The van der Waals surface area contributed by atoms with Crippen molar-refractivity contribution in [3.63, 3.8) is 0 Å². The molecule has 1 heterocycles. The van der Waals surface area contributed by atoms with Gasteiger partial charge in [-0.2, -0.15) is 0 Å². The summed E-state index contributed by atoms with van der Waals surface area (Å²) in [6.45, 7) is 10.6. The standard InChI is InChI=1S/C22H34N2O4/c1-16(2)24(15-17-10-12-18(27-6)13-11-17)20(25)19-9-7-8-14-23(19)21(26)28-22(3,4)5/h10-13,16,19H,7-9,14-15H2,1-6H3/t19-/m0/s1. The third kappa shape index (κ3) is 5.88. The smallest absolute Gasteiger partial charge is 0.410 e. The first kappa shape index (κ1) is 22.1. The summed E-state index contributed by atoms with van der Waals surface area (Å²) in [6, 6.07) is 7.28. The zero-order valence-corrected chi connectivity index (χ0v) is 18.0. The lowest BCUT2D eigenvalue weighted by Crippen LogP contribution is -2.55. The molecule has 2 rings (SSSR count). The summed E-state index contributed by atoms with van der Waals surface area (Å²) in [4.78, 5) is 29.5. The molecule has 1 fully saturated rings. The number of hydrogen-bond donors (Lipinski definition) is 0. The number of benzene rings is 1. The summed E-state index contributed by atoms with van der Waals surface area (Å²) in [5.74, 6) is 0.769. The second-order valence-electron chi connectivity index (χ2n) is 8.59. The summed E-state index contributed by atoms with van der Waals surface area (Å²) < 4.78 is 10.7. The second-order valence-corrected chi connectivity index (χ2v) is 8.59. The van der Waals surface area contributed by atoms with Crippen molar-refractivity contribution in [2.75, 3.05) is 13.7 Å². The minimum Gasteiger partial charge on any atom is -0.497 e. The average molecular weight is 391 g/mol. The summed E-state index contributed by atoms with van der Waals surface area (Å²) in [7, 11) is 1.63. The van der Waals surface area contributed by atoms with E-state index in [1.807, 2.05) is 63.8 Å². The number of hydrogen-bond acceptors (Lipinski definition) is 4. The van der Waals surface area contributed by atoms with Gasteiger partial charge in [0, 0.05) is 19.1 Å². The maximum absolute atomic E-state index is 13.4. The van der Waals surface area contributed by atoms with Crippen molar-refractivity contribution in [3.8, 4) is 5.75 Å². The molecule has 1 aliphatic heterocycles. The molecule has 0 aliphatic carbocycles. The molecule has 1 aromatic carbocycles. The van der Waals surface area contributed by atoms with Crippen LogP contribution in [-0.4, -0.2) is 53.1 Å². The van der Waals surface area contributed by atoms with E-state index in [0.717, 1.165) is 24.2 Å². The van der Waals surface area contributed by atoms with E-state index >= 15 is 0 Å². The van der Waals surface area contributed by atoms with Crippen molar-refractivity contribution in [1.29, 1.82) is 0 Å². The molecule has 0 aromatic heterocycles. The van der Waals surface area contributed by atoms with Gasteiger partial charge >= 0.3 is 6.09 Å². The lowest BCUT2D eigenvalue weighted by molar-refractivity contribution is -0.140. The van der Waals surface area contributed by atoms with Crippen molar-refractivity contribution >= 4 is 12.0 Å². The molecule has 156 valence electrons. The highest BCUT2D eigenvalue weighted by atomic mass is 16.6. The molecule has 6 heteroatoms. The summed E-state index contributed by atoms with van der Waals surface area (Å²) in [5, 5.41) is 0. The van der Waals surface area contributed by atoms with Crippen molar-refractivity contribution in [1.82, 2.24) is 9.80 Å². The zero-order valence-electron chi connectivity index (χ0n) is 18.0. The third-order valence-corrected chi connectivity index (χ3v) is 4.83. The first-order chi connectivity index (χ1) is 13.1. The molecule has 2 amide bonds. The highest BCUT2D eigenvalue weighted by Crippen LogP contribution is 2.24. The van der Waals surface area contributed by atoms with E-state index in [9.17, 15) is 9.59 Å². The topological polar surface area (TPSA) is 59.1 Å². The molecule has 1 aliphatic rings. The zero-order chi connectivity index (χ0) is 20.9. The lowest BCUT2D eigenvalue weighted by Gasteiger charge is -2.39. The van der Waals surface area contributed by atoms with Crippen LogP contribution in [0.1, 0.15) is 59.4 Å². The molecule has 1 saturated heterocycles. The van der Waals surface area contributed by atoms with Crippen LogP contribution in [0.3, 0.4) is 0 Å². The maximum atomic E-state index is 13.4. The number of nitrogens with zero attached hydrogens (tertiary/aromatic N) is 2. The Morgan fingerprint density at radius 1 is 1.18 bits per heavy atom. The van der Waals surface area contributed by atoms with E-state index in [4.69, 9.17) is 9.47 Å². The number of amides is 2. The third-order valence-electron chi connectivity index (χ3n) is 4.83. The highest BCUT2D eigenvalue weighted by Gasteiger charge is 2.37. The Hall–Kier alpha value is -2.24. The summed E-state index contributed by atoms with van der Waals surface area (Å²) in [6.07, 6.45) is 2.09. The van der Waals surface area contributed by atoms with E-state index in [1.165, 1.54) is 0 Å². The number of piperidine rings is 1. The van der Waals surface area contributed by atoms with Crippen LogP contribution in [0.2, 0.25) is 0 Å². The molecule has 0 radical (unpaired) electrons. The number of methoxy groups -OCH3 is 1. The number of carbonyl (C=O) groups is 2. The molecule has 28 heavy (non-hydrogen) atoms. The molecule has 0 unspecified atom stereocenters. The van der Waals surface area contributed by atoms with Gasteiger partial charge in [-0.05, 0) is 71.6 Å². The molecule has 0 saturated carbocycles. The van der Waals surface area contributed by atoms with Crippen LogP contribution in [0.25, 0.3) is 0 Å². The first-order valence-electron chi connectivity index (χ1n) is 10.1. The summed E-state index contributed by atoms with van der Waals surface area (Å²) >= 11 is 0. The van der Waals surface area contributed by atoms with Crippen LogP contribution in [-0.2, 0) is 16.1 Å². The Morgan fingerprint density at radius 2 is 1.82 bits per heavy atom. The minimum absolute atomic E-state index is 0.0172. The fourth-order valence-electron chi connectivity index (χ4n) is 3.36. The van der Waals surface area contributed by atoms with Gasteiger partial charge in [0.2, 0.25) is 5.91 Å². The molecule has 0 spiro atoms. The Balaban J connectivity index is 2.17. The quantitative estimate of drug-likeness (QED) is 0.755. The normalized spacial score (nSPS) is 17.4. The Bertz CT molecular complexity index is 664. The van der Waals surface area contributed by atoms with Gasteiger partial charge in [0.15, 0.2) is 0 Å². The molecule has 1 aromatic rings. The monoisotopic (exact) mass is 390 g/mol. The van der Waals surface area contributed by atoms with Gasteiger partial charge in [0.1, 0.15) is 17.4 Å². The van der Waals surface area contributed by atoms with Crippen LogP contribution < -0.4 is 4.74 Å². The van der Waals surface area contributed by atoms with E-state index in [1.54, 1.807) is 12.0 Å². The molecular weight excluding hydrogens is 356 g/mol. The number of ether oxygens (including phenoxy) is 2. The van der Waals surface area contributed by atoms with Gasteiger partial charge in [-0.25, -0.2) is 4.79 Å². The average Bonchev–Trinajstić information content (AvgIpc) is 2.64. The molecule has 1 atom stereocenters. The summed E-state index contributed by atoms with van der Waals surface area (Å²) in [5.41, 5.74) is 0.450. The number of rotatable bonds is 5. The van der Waals surface area contributed by atoms with Crippen LogP contribution >= 0.6 is 0 Å². The van der Waals surface area contributed by atoms with Gasteiger partial charge in [-0.15, -0.1) is 0 Å². The van der Waals surface area contributed by atoms with Gasteiger partial charge in [0.05, 0.1) is 7.11 Å². The van der Waals surface area contributed by atoms with E-state index in [2.05, 4.69) is 0 Å². The number of likely N-dealkylation sites (tertiary alicyclic amines) is 1. The van der Waals surface area contributed by atoms with Crippen molar-refractivity contribution in [3.05, 3.63) is 29.8 Å². The molecular formula is C22H34N2O4. The van der Waals surface area contributed by atoms with Crippen molar-refractivity contribution in [2.45, 2.75) is 78.1 Å². The van der Waals surface area contributed by atoms with Gasteiger partial charge in [0.25, 0.3) is 0 Å². The fourth-order valence-corrected chi connectivity index (χ4v) is 3.36. The van der Waals surface area contributed by atoms with Crippen LogP contribution in [0.15, 0.2) is 24.3 Å².